The van der Waals surface area contributed by atoms with Crippen LogP contribution in [0.3, 0.4) is 0 Å². The summed E-state index contributed by atoms with van der Waals surface area (Å²) in [4.78, 5) is 66.9. The highest BCUT2D eigenvalue weighted by Crippen LogP contribution is 2.47. The van der Waals surface area contributed by atoms with Crippen molar-refractivity contribution in [3.63, 3.8) is 0 Å². The largest absolute Gasteiger partial charge is 0.497 e. The number of benzene rings is 1. The summed E-state index contributed by atoms with van der Waals surface area (Å²) in [7, 11) is -2.42. The molecule has 4 fully saturated rings. The summed E-state index contributed by atoms with van der Waals surface area (Å²) < 4.78 is 45.1. The third kappa shape index (κ3) is 7.65. The summed E-state index contributed by atoms with van der Waals surface area (Å²) in [6.45, 7) is 5.29. The average molecular weight is 766 g/mol. The SMILES string of the molecule is COc1ccc2nc(C)c(O[C@@H]3C[C@H]4C(=O)N[C@]5(C(=O)NS(=O)(=O)C6(C)CC6)C[C@H]5/C=C\CCCCC[C@H](CC(=O)OC5(C)CCC5)C(=O)N4C3)nc2c1. The second-order valence-corrected chi connectivity index (χ2v) is 18.5. The molecule has 3 aliphatic carbocycles. The van der Waals surface area contributed by atoms with Gasteiger partial charge in [-0.2, -0.15) is 0 Å². The minimum Gasteiger partial charge on any atom is -0.497 e. The number of aromatic nitrogens is 2. The molecule has 1 aromatic carbocycles. The lowest BCUT2D eigenvalue weighted by Crippen LogP contribution is -2.57. The van der Waals surface area contributed by atoms with Crippen molar-refractivity contribution in [2.45, 2.75) is 132 Å². The Hall–Kier alpha value is -4.27. The number of hydrogen-bond acceptors (Lipinski definition) is 11. The molecular formula is C39H51N5O9S. The van der Waals surface area contributed by atoms with Crippen LogP contribution < -0.4 is 19.5 Å². The van der Waals surface area contributed by atoms with Crippen molar-refractivity contribution in [3.05, 3.63) is 36.0 Å². The Kier molecular flexibility index (Phi) is 10.2. The Bertz CT molecular complexity index is 1980. The van der Waals surface area contributed by atoms with Crippen LogP contribution in [-0.4, -0.2) is 88.7 Å². The fraction of sp³-hybridized carbons (Fsp3) is 0.641. The normalized spacial score (nSPS) is 29.6. The first-order chi connectivity index (χ1) is 25.6. The number of methoxy groups -OCH3 is 1. The van der Waals surface area contributed by atoms with Crippen molar-refractivity contribution in [1.29, 1.82) is 0 Å². The zero-order chi connectivity index (χ0) is 38.5. The molecule has 0 spiro atoms. The van der Waals surface area contributed by atoms with Gasteiger partial charge < -0.3 is 24.4 Å². The number of carbonyl (C=O) groups excluding carboxylic acids is 4. The molecule has 14 nitrogen and oxygen atoms in total. The zero-order valence-electron chi connectivity index (χ0n) is 31.5. The number of rotatable bonds is 9. The van der Waals surface area contributed by atoms with E-state index in [1.54, 1.807) is 39.2 Å². The molecule has 0 bridgehead atoms. The standard InChI is InChI=1S/C39H51N5O9S/c1-24-34(41-30-20-27(51-4)13-14-29(30)40-24)52-28-21-31-33(46)42-39(36(48)43-54(49,50)38(3)17-18-38)22-26(39)12-9-7-5-6-8-11-25(35(47)44(31)23-28)19-32(45)53-37(2)15-10-16-37/h9,12-14,20,25-26,28,31H,5-8,10-11,15-19,21-23H2,1-4H3,(H,42,46)(H,43,48)/b12-9-/t25-,26-,28-,31+,39-/m1/s1. The number of nitrogens with zero attached hydrogens (tertiary/aromatic N) is 3. The number of hydrogen-bond donors (Lipinski definition) is 2. The summed E-state index contributed by atoms with van der Waals surface area (Å²) in [5.41, 5.74) is -0.308. The first-order valence-electron chi connectivity index (χ1n) is 19.2. The van der Waals surface area contributed by atoms with E-state index in [0.29, 0.717) is 48.2 Å². The second-order valence-electron chi connectivity index (χ2n) is 16.4. The molecule has 2 aromatic rings. The topological polar surface area (TPSA) is 183 Å². The van der Waals surface area contributed by atoms with E-state index in [-0.39, 0.29) is 37.6 Å². The van der Waals surface area contributed by atoms with Gasteiger partial charge in [0.1, 0.15) is 34.7 Å². The highest BCUT2D eigenvalue weighted by molar-refractivity contribution is 7.91. The van der Waals surface area contributed by atoms with Gasteiger partial charge in [-0.3, -0.25) is 23.9 Å². The maximum absolute atomic E-state index is 14.6. The van der Waals surface area contributed by atoms with Crippen molar-refractivity contribution in [3.8, 4) is 11.6 Å². The number of carbonyl (C=O) groups is 4. The minimum atomic E-state index is -3.98. The predicted molar refractivity (Wildman–Crippen MR) is 198 cm³/mol. The van der Waals surface area contributed by atoms with Crippen molar-refractivity contribution < 1.29 is 41.8 Å². The van der Waals surface area contributed by atoms with Crippen LogP contribution in [0.15, 0.2) is 30.4 Å². The van der Waals surface area contributed by atoms with Gasteiger partial charge in [-0.25, -0.2) is 18.4 Å². The van der Waals surface area contributed by atoms with Crippen LogP contribution in [0.25, 0.3) is 11.0 Å². The van der Waals surface area contributed by atoms with E-state index in [4.69, 9.17) is 19.2 Å². The van der Waals surface area contributed by atoms with Crippen LogP contribution in [0.4, 0.5) is 0 Å². The maximum Gasteiger partial charge on any atom is 0.307 e. The molecule has 3 amide bonds. The summed E-state index contributed by atoms with van der Waals surface area (Å²) in [5.74, 6) is -2.51. The van der Waals surface area contributed by atoms with E-state index >= 15 is 0 Å². The molecule has 5 atom stereocenters. The van der Waals surface area contributed by atoms with Gasteiger partial charge in [0.2, 0.25) is 27.7 Å². The van der Waals surface area contributed by atoms with Gasteiger partial charge >= 0.3 is 5.97 Å². The molecule has 3 saturated carbocycles. The molecular weight excluding hydrogens is 715 g/mol. The van der Waals surface area contributed by atoms with Crippen LogP contribution in [-0.2, 0) is 33.9 Å². The Balaban J connectivity index is 1.18. The number of esters is 1. The van der Waals surface area contributed by atoms with Crippen LogP contribution in [0.5, 0.6) is 11.6 Å². The second kappa shape index (κ2) is 14.4. The first-order valence-corrected chi connectivity index (χ1v) is 20.7. The molecule has 54 heavy (non-hydrogen) atoms. The fourth-order valence-corrected chi connectivity index (χ4v) is 9.19. The van der Waals surface area contributed by atoms with Gasteiger partial charge in [0.05, 0.1) is 35.9 Å². The number of amides is 3. The number of sulfonamides is 1. The highest BCUT2D eigenvalue weighted by Gasteiger charge is 2.63. The lowest BCUT2D eigenvalue weighted by atomic mass is 9.82. The van der Waals surface area contributed by atoms with Crippen molar-refractivity contribution >= 4 is 44.7 Å². The first kappa shape index (κ1) is 38.0. The van der Waals surface area contributed by atoms with Crippen molar-refractivity contribution in [2.24, 2.45) is 11.8 Å². The Morgan fingerprint density at radius 1 is 1.04 bits per heavy atom. The van der Waals surface area contributed by atoms with Crippen LogP contribution in [0, 0.1) is 18.8 Å². The van der Waals surface area contributed by atoms with Crippen LogP contribution >= 0.6 is 0 Å². The van der Waals surface area contributed by atoms with Gasteiger partial charge in [0.25, 0.3) is 5.91 Å². The monoisotopic (exact) mass is 765 g/mol. The Morgan fingerprint density at radius 3 is 2.52 bits per heavy atom. The number of nitrogens with one attached hydrogen (secondary N) is 2. The summed E-state index contributed by atoms with van der Waals surface area (Å²) >= 11 is 0. The third-order valence-electron chi connectivity index (χ3n) is 12.1. The Morgan fingerprint density at radius 2 is 1.81 bits per heavy atom. The van der Waals surface area contributed by atoms with E-state index in [2.05, 4.69) is 15.0 Å². The van der Waals surface area contributed by atoms with Crippen molar-refractivity contribution in [1.82, 2.24) is 24.9 Å². The predicted octanol–water partition coefficient (Wildman–Crippen LogP) is 4.18. The molecule has 2 N–H and O–H groups in total. The number of ether oxygens (including phenoxy) is 3. The Labute approximate surface area is 316 Å². The van der Waals surface area contributed by atoms with Gasteiger partial charge in [0.15, 0.2) is 0 Å². The average Bonchev–Trinajstić information content (AvgIpc) is 3.99. The lowest BCUT2D eigenvalue weighted by molar-refractivity contribution is -0.169. The molecule has 5 aliphatic rings. The van der Waals surface area contributed by atoms with Crippen LogP contribution in [0.1, 0.15) is 103 Å². The highest BCUT2D eigenvalue weighted by atomic mass is 32.2. The van der Waals surface area contributed by atoms with Gasteiger partial charge in [-0.1, -0.05) is 25.0 Å². The third-order valence-corrected chi connectivity index (χ3v) is 14.2. The molecule has 1 saturated heterocycles. The smallest absolute Gasteiger partial charge is 0.307 e. The maximum atomic E-state index is 14.6. The molecule has 15 heteroatoms. The summed E-state index contributed by atoms with van der Waals surface area (Å²) in [6.07, 6.45) is 10.2. The molecule has 1 aromatic heterocycles. The summed E-state index contributed by atoms with van der Waals surface area (Å²) in [5, 5.41) is 2.91. The molecule has 2 aliphatic heterocycles. The molecule has 0 unspecified atom stereocenters. The van der Waals surface area contributed by atoms with Crippen molar-refractivity contribution in [2.75, 3.05) is 13.7 Å². The number of aryl methyl sites for hydroxylation is 1. The van der Waals surface area contributed by atoms with E-state index in [1.807, 2.05) is 19.1 Å². The van der Waals surface area contributed by atoms with E-state index in [0.717, 1.165) is 38.5 Å². The minimum absolute atomic E-state index is 0.0205. The molecule has 7 rings (SSSR count). The van der Waals surface area contributed by atoms with Gasteiger partial charge in [-0.05, 0) is 90.7 Å². The molecule has 0 radical (unpaired) electrons. The number of fused-ring (bicyclic) bond motifs is 3. The van der Waals surface area contributed by atoms with E-state index in [1.165, 1.54) is 4.90 Å². The number of allylic oxidation sites excluding steroid dienone is 1. The lowest BCUT2D eigenvalue weighted by Gasteiger charge is -2.38. The van der Waals surface area contributed by atoms with Crippen LogP contribution in [0.2, 0.25) is 0 Å². The van der Waals surface area contributed by atoms with Gasteiger partial charge in [0, 0.05) is 24.3 Å². The van der Waals surface area contributed by atoms with Gasteiger partial charge in [-0.15, -0.1) is 0 Å². The van der Waals surface area contributed by atoms with E-state index in [9.17, 15) is 27.6 Å². The quantitative estimate of drug-likeness (QED) is 0.276. The zero-order valence-corrected chi connectivity index (χ0v) is 32.3. The summed E-state index contributed by atoms with van der Waals surface area (Å²) in [6, 6.07) is 4.26. The molecule has 292 valence electrons. The molecule has 3 heterocycles. The van der Waals surface area contributed by atoms with E-state index < -0.39 is 67.7 Å². The fourth-order valence-electron chi connectivity index (χ4n) is 7.88.